The average molecular weight is 353 g/mol. The van der Waals surface area contributed by atoms with Gasteiger partial charge in [0.2, 0.25) is 5.91 Å². The fraction of sp³-hybridized carbons (Fsp3) is 0.222. The lowest BCUT2D eigenvalue weighted by Crippen LogP contribution is -2.29. The predicted octanol–water partition coefficient (Wildman–Crippen LogP) is 1.68. The number of amides is 1. The van der Waals surface area contributed by atoms with Gasteiger partial charge in [-0.15, -0.1) is 5.10 Å². The molecule has 134 valence electrons. The predicted molar refractivity (Wildman–Crippen MR) is 96.9 cm³/mol. The molecule has 0 saturated carbocycles. The number of ether oxygens (including phenoxy) is 1. The lowest BCUT2D eigenvalue weighted by atomic mass is 10.3. The summed E-state index contributed by atoms with van der Waals surface area (Å²) in [7, 11) is 1.60. The van der Waals surface area contributed by atoms with Crippen LogP contribution in [0.2, 0.25) is 0 Å². The highest BCUT2D eigenvalue weighted by Crippen LogP contribution is 2.15. The standard InChI is InChI=1S/C18H19N5O3/c1-3-26-14-9-7-13(8-10-14)20-16(24)12-23-18(25)22(2)17(21-23)15-6-4-5-11-19-15/h4-11H,3,12H2,1-2H3,(H,20,24). The number of nitrogens with one attached hydrogen (secondary N) is 1. The molecule has 0 aliphatic carbocycles. The molecule has 3 rings (SSSR count). The van der Waals surface area contributed by atoms with E-state index in [1.807, 2.05) is 13.0 Å². The van der Waals surface area contributed by atoms with Crippen molar-refractivity contribution in [2.24, 2.45) is 7.05 Å². The van der Waals surface area contributed by atoms with E-state index in [1.54, 1.807) is 49.6 Å². The SMILES string of the molecule is CCOc1ccc(NC(=O)Cn2nc(-c3ccccn3)n(C)c2=O)cc1. The summed E-state index contributed by atoms with van der Waals surface area (Å²) in [4.78, 5) is 28.7. The molecule has 26 heavy (non-hydrogen) atoms. The molecule has 8 heteroatoms. The second-order valence-electron chi connectivity index (χ2n) is 5.54. The summed E-state index contributed by atoms with van der Waals surface area (Å²) in [6.45, 7) is 2.29. The first-order valence-corrected chi connectivity index (χ1v) is 8.16. The van der Waals surface area contributed by atoms with Crippen molar-refractivity contribution in [1.29, 1.82) is 0 Å². The Kier molecular flexibility index (Phi) is 5.12. The molecule has 0 atom stereocenters. The van der Waals surface area contributed by atoms with Crippen molar-refractivity contribution in [3.05, 3.63) is 59.1 Å². The van der Waals surface area contributed by atoms with Gasteiger partial charge < -0.3 is 10.1 Å². The number of benzene rings is 1. The number of anilines is 1. The number of carbonyl (C=O) groups is 1. The van der Waals surface area contributed by atoms with Gasteiger partial charge in [0.15, 0.2) is 5.82 Å². The molecule has 8 nitrogen and oxygen atoms in total. The van der Waals surface area contributed by atoms with Gasteiger partial charge in [0.1, 0.15) is 18.0 Å². The smallest absolute Gasteiger partial charge is 0.346 e. The van der Waals surface area contributed by atoms with Crippen LogP contribution in [0.1, 0.15) is 6.92 Å². The van der Waals surface area contributed by atoms with E-state index in [0.29, 0.717) is 23.8 Å². The third-order valence-electron chi connectivity index (χ3n) is 3.68. The van der Waals surface area contributed by atoms with Gasteiger partial charge in [-0.05, 0) is 43.3 Å². The topological polar surface area (TPSA) is 91.0 Å². The molecule has 0 unspecified atom stereocenters. The van der Waals surface area contributed by atoms with Gasteiger partial charge >= 0.3 is 5.69 Å². The molecule has 1 amide bonds. The van der Waals surface area contributed by atoms with Crippen LogP contribution in [0.4, 0.5) is 5.69 Å². The van der Waals surface area contributed by atoms with Crippen molar-refractivity contribution in [1.82, 2.24) is 19.3 Å². The van der Waals surface area contributed by atoms with Crippen LogP contribution >= 0.6 is 0 Å². The zero-order chi connectivity index (χ0) is 18.5. The molecule has 1 N–H and O–H groups in total. The number of nitrogens with zero attached hydrogens (tertiary/aromatic N) is 4. The number of pyridine rings is 1. The van der Waals surface area contributed by atoms with E-state index in [9.17, 15) is 9.59 Å². The zero-order valence-corrected chi connectivity index (χ0v) is 14.5. The number of hydrogen-bond donors (Lipinski definition) is 1. The van der Waals surface area contributed by atoms with E-state index in [0.717, 1.165) is 10.4 Å². The second-order valence-corrected chi connectivity index (χ2v) is 5.54. The van der Waals surface area contributed by atoms with Crippen molar-refractivity contribution in [3.8, 4) is 17.3 Å². The Balaban J connectivity index is 1.72. The van der Waals surface area contributed by atoms with E-state index in [1.165, 1.54) is 4.57 Å². The fourth-order valence-electron chi connectivity index (χ4n) is 2.45. The lowest BCUT2D eigenvalue weighted by Gasteiger charge is -2.06. The highest BCUT2D eigenvalue weighted by molar-refractivity contribution is 5.90. The van der Waals surface area contributed by atoms with Gasteiger partial charge in [0, 0.05) is 18.9 Å². The Morgan fingerprint density at radius 1 is 1.19 bits per heavy atom. The maximum absolute atomic E-state index is 12.3. The highest BCUT2D eigenvalue weighted by atomic mass is 16.5. The second kappa shape index (κ2) is 7.64. The maximum atomic E-state index is 12.3. The Hall–Kier alpha value is -3.42. The first kappa shape index (κ1) is 17.4. The molecule has 2 aromatic heterocycles. The Morgan fingerprint density at radius 3 is 2.62 bits per heavy atom. The summed E-state index contributed by atoms with van der Waals surface area (Å²) in [6.07, 6.45) is 1.62. The summed E-state index contributed by atoms with van der Waals surface area (Å²) in [5.41, 5.74) is 0.803. The minimum atomic E-state index is -0.382. The molecule has 0 aliphatic rings. The van der Waals surface area contributed by atoms with Crippen LogP contribution in [-0.4, -0.2) is 31.8 Å². The van der Waals surface area contributed by atoms with Crippen molar-refractivity contribution in [2.75, 3.05) is 11.9 Å². The molecule has 2 heterocycles. The normalized spacial score (nSPS) is 10.5. The number of rotatable bonds is 6. The molecule has 0 radical (unpaired) electrons. The Labute approximate surface area is 150 Å². The van der Waals surface area contributed by atoms with E-state index < -0.39 is 0 Å². The minimum absolute atomic E-state index is 0.188. The van der Waals surface area contributed by atoms with Crippen LogP contribution < -0.4 is 15.7 Å². The summed E-state index contributed by atoms with van der Waals surface area (Å²) in [5.74, 6) is 0.790. The van der Waals surface area contributed by atoms with Crippen molar-refractivity contribution < 1.29 is 9.53 Å². The van der Waals surface area contributed by atoms with E-state index in [4.69, 9.17) is 4.74 Å². The first-order chi connectivity index (χ1) is 12.6. The molecular formula is C18H19N5O3. The molecule has 1 aromatic carbocycles. The molecule has 0 fully saturated rings. The van der Waals surface area contributed by atoms with Crippen molar-refractivity contribution in [2.45, 2.75) is 13.5 Å². The molecule has 0 bridgehead atoms. The molecule has 0 spiro atoms. The van der Waals surface area contributed by atoms with Crippen LogP contribution in [0.15, 0.2) is 53.5 Å². The highest BCUT2D eigenvalue weighted by Gasteiger charge is 2.15. The Bertz CT molecular complexity index is 945. The minimum Gasteiger partial charge on any atom is -0.494 e. The van der Waals surface area contributed by atoms with Crippen LogP contribution in [0.5, 0.6) is 5.75 Å². The Morgan fingerprint density at radius 2 is 1.96 bits per heavy atom. The van der Waals surface area contributed by atoms with Crippen LogP contribution in [0.3, 0.4) is 0 Å². The van der Waals surface area contributed by atoms with Gasteiger partial charge in [0.25, 0.3) is 0 Å². The van der Waals surface area contributed by atoms with Gasteiger partial charge in [-0.2, -0.15) is 0 Å². The maximum Gasteiger partial charge on any atom is 0.346 e. The van der Waals surface area contributed by atoms with E-state index >= 15 is 0 Å². The van der Waals surface area contributed by atoms with Gasteiger partial charge in [0.05, 0.1) is 6.61 Å². The van der Waals surface area contributed by atoms with Crippen molar-refractivity contribution in [3.63, 3.8) is 0 Å². The van der Waals surface area contributed by atoms with Gasteiger partial charge in [-0.25, -0.2) is 9.48 Å². The van der Waals surface area contributed by atoms with E-state index in [-0.39, 0.29) is 18.1 Å². The number of carbonyl (C=O) groups excluding carboxylic acids is 1. The number of aromatic nitrogens is 4. The van der Waals surface area contributed by atoms with E-state index in [2.05, 4.69) is 15.4 Å². The largest absolute Gasteiger partial charge is 0.494 e. The average Bonchev–Trinajstić information content (AvgIpc) is 2.93. The summed E-state index contributed by atoms with van der Waals surface area (Å²) >= 11 is 0. The molecular weight excluding hydrogens is 334 g/mol. The van der Waals surface area contributed by atoms with Crippen LogP contribution in [-0.2, 0) is 18.4 Å². The molecule has 0 saturated heterocycles. The third kappa shape index (κ3) is 3.80. The summed E-state index contributed by atoms with van der Waals surface area (Å²) < 4.78 is 7.84. The van der Waals surface area contributed by atoms with Crippen molar-refractivity contribution >= 4 is 11.6 Å². The first-order valence-electron chi connectivity index (χ1n) is 8.16. The number of hydrogen-bond acceptors (Lipinski definition) is 5. The van der Waals surface area contributed by atoms with Gasteiger partial charge in [-0.1, -0.05) is 6.07 Å². The lowest BCUT2D eigenvalue weighted by molar-refractivity contribution is -0.117. The zero-order valence-electron chi connectivity index (χ0n) is 14.5. The fourth-order valence-corrected chi connectivity index (χ4v) is 2.45. The summed E-state index contributed by atoms with van der Waals surface area (Å²) in [6, 6.07) is 12.4. The monoisotopic (exact) mass is 353 g/mol. The van der Waals surface area contributed by atoms with Crippen LogP contribution in [0, 0.1) is 0 Å². The molecule has 0 aliphatic heterocycles. The third-order valence-corrected chi connectivity index (χ3v) is 3.68. The van der Waals surface area contributed by atoms with Crippen LogP contribution in [0.25, 0.3) is 11.5 Å². The summed E-state index contributed by atoms with van der Waals surface area (Å²) in [5, 5.41) is 6.96. The quantitative estimate of drug-likeness (QED) is 0.728. The van der Waals surface area contributed by atoms with Gasteiger partial charge in [-0.3, -0.25) is 14.3 Å². The molecule has 3 aromatic rings.